The Morgan fingerprint density at radius 2 is 2.08 bits per heavy atom. The van der Waals surface area contributed by atoms with E-state index < -0.39 is 24.5 Å². The highest BCUT2D eigenvalue weighted by molar-refractivity contribution is 14.1. The number of amides is 3. The van der Waals surface area contributed by atoms with E-state index in [9.17, 15) is 14.4 Å². The first-order chi connectivity index (χ1) is 11.7. The van der Waals surface area contributed by atoms with Gasteiger partial charge in [-0.3, -0.25) is 9.59 Å². The second kappa shape index (κ2) is 7.72. The molecule has 0 saturated carbocycles. The Balaban J connectivity index is 2.35. The minimum Gasteiger partial charge on any atom is -0.493 e. The monoisotopic (exact) mass is 460 g/mol. The van der Waals surface area contributed by atoms with Crippen molar-refractivity contribution >= 4 is 46.6 Å². The summed E-state index contributed by atoms with van der Waals surface area (Å²) in [6.07, 6.45) is 1.43. The molecule has 0 atom stereocenters. The van der Waals surface area contributed by atoms with Crippen LogP contribution < -0.4 is 14.8 Å². The molecule has 1 aromatic rings. The van der Waals surface area contributed by atoms with Crippen LogP contribution in [0, 0.1) is 3.57 Å². The van der Waals surface area contributed by atoms with Gasteiger partial charge >= 0.3 is 12.0 Å². The summed E-state index contributed by atoms with van der Waals surface area (Å²) in [6.45, 7) is 3.11. The average Bonchev–Trinajstić information content (AvgIpc) is 2.76. The van der Waals surface area contributed by atoms with Crippen molar-refractivity contribution in [2.75, 3.05) is 13.7 Å². The van der Waals surface area contributed by atoms with E-state index in [1.165, 1.54) is 13.2 Å². The van der Waals surface area contributed by atoms with Crippen LogP contribution in [0.2, 0.25) is 0 Å². The number of halogens is 1. The lowest BCUT2D eigenvalue weighted by Gasteiger charge is -2.16. The molecule has 0 bridgehead atoms. The van der Waals surface area contributed by atoms with E-state index in [2.05, 4.69) is 27.9 Å². The zero-order valence-electron chi connectivity index (χ0n) is 13.8. The molecule has 1 aliphatic rings. The van der Waals surface area contributed by atoms with Gasteiger partial charge in [0.25, 0.3) is 5.91 Å². The van der Waals surface area contributed by atoms with Crippen molar-refractivity contribution in [3.63, 3.8) is 0 Å². The van der Waals surface area contributed by atoms with Crippen LogP contribution in [0.1, 0.15) is 19.4 Å². The van der Waals surface area contributed by atoms with Gasteiger partial charge in [0.2, 0.25) is 0 Å². The van der Waals surface area contributed by atoms with Gasteiger partial charge < -0.3 is 19.9 Å². The number of carbonyl (C=O) groups excluding carboxylic acids is 2. The number of urea groups is 1. The Labute approximate surface area is 157 Å². The van der Waals surface area contributed by atoms with Crippen molar-refractivity contribution in [2.24, 2.45) is 0 Å². The lowest BCUT2D eigenvalue weighted by molar-refractivity contribution is -0.140. The van der Waals surface area contributed by atoms with Crippen LogP contribution in [0.5, 0.6) is 11.5 Å². The Kier molecular flexibility index (Phi) is 5.88. The fourth-order valence-corrected chi connectivity index (χ4v) is 2.94. The van der Waals surface area contributed by atoms with E-state index in [4.69, 9.17) is 14.6 Å². The van der Waals surface area contributed by atoms with Gasteiger partial charge in [-0.1, -0.05) is 0 Å². The molecule has 2 N–H and O–H groups in total. The molecule has 1 saturated heterocycles. The first-order valence-electron chi connectivity index (χ1n) is 7.33. The standard InChI is InChI=1S/C16H17IN2O6/c1-8(2)25-14-10(17)4-9(6-12(14)24-3)5-11-15(22)19(7-13(20)21)16(23)18-11/h4-6,8H,7H2,1-3H3,(H,18,23)(H,20,21)/b11-5+. The van der Waals surface area contributed by atoms with Gasteiger partial charge in [-0.15, -0.1) is 0 Å². The van der Waals surface area contributed by atoms with Gasteiger partial charge in [-0.2, -0.15) is 0 Å². The third kappa shape index (κ3) is 4.41. The number of imide groups is 1. The Morgan fingerprint density at radius 1 is 1.40 bits per heavy atom. The fraction of sp³-hybridized carbons (Fsp3) is 0.312. The molecule has 2 rings (SSSR count). The zero-order chi connectivity index (χ0) is 18.7. The number of benzene rings is 1. The van der Waals surface area contributed by atoms with Gasteiger partial charge in [0, 0.05) is 0 Å². The van der Waals surface area contributed by atoms with Crippen molar-refractivity contribution in [3.8, 4) is 11.5 Å². The summed E-state index contributed by atoms with van der Waals surface area (Å²) in [4.78, 5) is 35.3. The molecule has 1 aromatic carbocycles. The average molecular weight is 460 g/mol. The third-order valence-electron chi connectivity index (χ3n) is 3.17. The summed E-state index contributed by atoms with van der Waals surface area (Å²) in [5.74, 6) is -0.874. The molecular formula is C16H17IN2O6. The molecule has 9 heteroatoms. The number of rotatable bonds is 6. The number of ether oxygens (including phenoxy) is 2. The summed E-state index contributed by atoms with van der Waals surface area (Å²) < 4.78 is 11.8. The van der Waals surface area contributed by atoms with E-state index in [1.807, 2.05) is 13.8 Å². The number of nitrogens with zero attached hydrogens (tertiary/aromatic N) is 1. The predicted octanol–water partition coefficient (Wildman–Crippen LogP) is 2.06. The SMILES string of the molecule is COc1cc(/C=C2/NC(=O)N(CC(=O)O)C2=O)cc(I)c1OC(C)C. The van der Waals surface area contributed by atoms with Crippen molar-refractivity contribution < 1.29 is 29.0 Å². The highest BCUT2D eigenvalue weighted by Crippen LogP contribution is 2.35. The number of hydrogen-bond donors (Lipinski definition) is 2. The minimum absolute atomic E-state index is 0.00151. The van der Waals surface area contributed by atoms with Gasteiger partial charge in [0.15, 0.2) is 11.5 Å². The summed E-state index contributed by atoms with van der Waals surface area (Å²) in [6, 6.07) is 2.68. The fourth-order valence-electron chi connectivity index (χ4n) is 2.19. The number of aliphatic carboxylic acids is 1. The van der Waals surface area contributed by atoms with Crippen LogP contribution in [0.4, 0.5) is 4.79 Å². The second-order valence-electron chi connectivity index (χ2n) is 5.47. The van der Waals surface area contributed by atoms with Crippen LogP contribution >= 0.6 is 22.6 Å². The number of carboxylic acids is 1. The topological polar surface area (TPSA) is 105 Å². The molecule has 0 radical (unpaired) electrons. The lowest BCUT2D eigenvalue weighted by atomic mass is 10.1. The molecule has 1 aliphatic heterocycles. The van der Waals surface area contributed by atoms with Crippen LogP contribution in [-0.4, -0.2) is 47.7 Å². The molecule has 1 heterocycles. The molecule has 8 nitrogen and oxygen atoms in total. The van der Waals surface area contributed by atoms with E-state index >= 15 is 0 Å². The summed E-state index contributed by atoms with van der Waals surface area (Å²) in [7, 11) is 1.51. The maximum atomic E-state index is 12.2. The van der Waals surface area contributed by atoms with Crippen molar-refractivity contribution in [1.82, 2.24) is 10.2 Å². The molecule has 0 aliphatic carbocycles. The van der Waals surface area contributed by atoms with Gasteiger partial charge in [-0.25, -0.2) is 9.69 Å². The van der Waals surface area contributed by atoms with E-state index in [0.717, 1.165) is 3.57 Å². The first kappa shape index (κ1) is 19.0. The smallest absolute Gasteiger partial charge is 0.329 e. The van der Waals surface area contributed by atoms with Gasteiger partial charge in [-0.05, 0) is 60.2 Å². The second-order valence-corrected chi connectivity index (χ2v) is 6.64. The maximum absolute atomic E-state index is 12.2. The van der Waals surface area contributed by atoms with Crippen molar-refractivity contribution in [1.29, 1.82) is 0 Å². The minimum atomic E-state index is -1.27. The van der Waals surface area contributed by atoms with E-state index in [0.29, 0.717) is 22.0 Å². The Bertz CT molecular complexity index is 759. The Morgan fingerprint density at radius 3 is 2.64 bits per heavy atom. The van der Waals surface area contributed by atoms with Crippen LogP contribution in [0.15, 0.2) is 17.8 Å². The zero-order valence-corrected chi connectivity index (χ0v) is 16.0. The maximum Gasteiger partial charge on any atom is 0.329 e. The van der Waals surface area contributed by atoms with Crippen molar-refractivity contribution in [2.45, 2.75) is 20.0 Å². The quantitative estimate of drug-likeness (QED) is 0.383. The Hall–Kier alpha value is -2.30. The number of methoxy groups -OCH3 is 1. The van der Waals surface area contributed by atoms with Crippen LogP contribution in [0.3, 0.4) is 0 Å². The third-order valence-corrected chi connectivity index (χ3v) is 3.97. The number of nitrogens with one attached hydrogen (secondary N) is 1. The van der Waals surface area contributed by atoms with Crippen molar-refractivity contribution in [3.05, 3.63) is 27.0 Å². The highest BCUT2D eigenvalue weighted by Gasteiger charge is 2.34. The molecular weight excluding hydrogens is 443 g/mol. The van der Waals surface area contributed by atoms with Crippen LogP contribution in [0.25, 0.3) is 6.08 Å². The summed E-state index contributed by atoms with van der Waals surface area (Å²) >= 11 is 2.09. The molecule has 134 valence electrons. The van der Waals surface area contributed by atoms with Gasteiger partial charge in [0.1, 0.15) is 12.2 Å². The predicted molar refractivity (Wildman–Crippen MR) is 97.3 cm³/mol. The normalized spacial score (nSPS) is 15.7. The number of carboxylic acid groups (broad SMARTS) is 1. The molecule has 3 amide bonds. The molecule has 1 fully saturated rings. The molecule has 0 spiro atoms. The van der Waals surface area contributed by atoms with Crippen LogP contribution in [-0.2, 0) is 9.59 Å². The lowest BCUT2D eigenvalue weighted by Crippen LogP contribution is -2.35. The van der Waals surface area contributed by atoms with E-state index in [-0.39, 0.29) is 11.8 Å². The van der Waals surface area contributed by atoms with Gasteiger partial charge in [0.05, 0.1) is 16.8 Å². The molecule has 0 unspecified atom stereocenters. The summed E-state index contributed by atoms with van der Waals surface area (Å²) in [5.41, 5.74) is 0.611. The molecule has 25 heavy (non-hydrogen) atoms. The van der Waals surface area contributed by atoms with E-state index in [1.54, 1.807) is 12.1 Å². The number of carbonyl (C=O) groups is 3. The first-order valence-corrected chi connectivity index (χ1v) is 8.41. The largest absolute Gasteiger partial charge is 0.493 e. The molecule has 0 aromatic heterocycles. The number of hydrogen-bond acceptors (Lipinski definition) is 5. The highest BCUT2D eigenvalue weighted by atomic mass is 127. The summed E-state index contributed by atoms with van der Waals surface area (Å²) in [5, 5.41) is 11.1.